The van der Waals surface area contributed by atoms with Gasteiger partial charge in [-0.15, -0.1) is 36.4 Å². The summed E-state index contributed by atoms with van der Waals surface area (Å²) in [5, 5.41) is 0. The summed E-state index contributed by atoms with van der Waals surface area (Å²) in [6.45, 7) is 2.33. The van der Waals surface area contributed by atoms with E-state index in [0.717, 1.165) is 18.8 Å². The van der Waals surface area contributed by atoms with E-state index in [0.29, 0.717) is 0 Å². The maximum absolute atomic E-state index is 5.42. The molecule has 0 N–H and O–H groups in total. The minimum atomic E-state index is 0. The summed E-state index contributed by atoms with van der Waals surface area (Å²) in [6, 6.07) is 0. The van der Waals surface area contributed by atoms with Crippen molar-refractivity contribution in [1.82, 2.24) is 9.80 Å². The van der Waals surface area contributed by atoms with Crippen molar-refractivity contribution in [1.29, 1.82) is 0 Å². The largest absolute Gasteiger partial charge is 1.00 e. The van der Waals surface area contributed by atoms with Gasteiger partial charge in [-0.1, -0.05) is 22.6 Å². The second kappa shape index (κ2) is 32.3. The van der Waals surface area contributed by atoms with Gasteiger partial charge in [0.15, 0.2) is 0 Å². The van der Waals surface area contributed by atoms with Crippen molar-refractivity contribution >= 4 is 59.0 Å². The SMILES string of the molecule is CN(C)CCCCl.CN(C)CCCI.Cl.Cl.[I-].[Na+]. The zero-order valence-electron chi connectivity index (χ0n) is 12.1. The second-order valence-electron chi connectivity index (χ2n) is 3.69. The van der Waals surface area contributed by atoms with E-state index in [1.54, 1.807) is 0 Å². The van der Waals surface area contributed by atoms with Crippen LogP contribution >= 0.6 is 59.0 Å². The molecule has 0 unspecified atom stereocenters. The van der Waals surface area contributed by atoms with Crippen molar-refractivity contribution < 1.29 is 53.5 Å². The molecule has 0 saturated carbocycles. The normalized spacial score (nSPS) is 8.00. The Kier molecular flexibility index (Phi) is 67.2. The molecule has 0 aliphatic rings. The van der Waals surface area contributed by atoms with Crippen LogP contribution in [0.1, 0.15) is 12.8 Å². The molecule has 0 aromatic heterocycles. The van der Waals surface area contributed by atoms with E-state index in [4.69, 9.17) is 11.6 Å². The quantitative estimate of drug-likeness (QED) is 0.201. The maximum Gasteiger partial charge on any atom is 1.00 e. The first-order valence-corrected chi connectivity index (χ1v) is 7.02. The molecule has 0 rings (SSSR count). The molecule has 0 radical (unpaired) electrons. The summed E-state index contributed by atoms with van der Waals surface area (Å²) in [7, 11) is 8.30. The number of nitrogens with zero attached hydrogens (tertiary/aromatic N) is 2. The van der Waals surface area contributed by atoms with E-state index in [1.807, 2.05) is 14.1 Å². The van der Waals surface area contributed by atoms with E-state index in [2.05, 4.69) is 46.5 Å². The number of hydrogen-bond donors (Lipinski definition) is 0. The maximum atomic E-state index is 5.42. The Morgan fingerprint density at radius 3 is 1.33 bits per heavy atom. The predicted molar refractivity (Wildman–Crippen MR) is 90.4 cm³/mol. The summed E-state index contributed by atoms with van der Waals surface area (Å²) in [5.41, 5.74) is 0. The molecule has 0 saturated heterocycles. The van der Waals surface area contributed by atoms with Crippen LogP contribution in [0.5, 0.6) is 0 Å². The second-order valence-corrected chi connectivity index (χ2v) is 5.15. The fourth-order valence-electron chi connectivity index (χ4n) is 0.752. The van der Waals surface area contributed by atoms with Crippen LogP contribution in [-0.4, -0.2) is 61.4 Å². The summed E-state index contributed by atoms with van der Waals surface area (Å²) < 4.78 is 1.27. The molecule has 2 nitrogen and oxygen atoms in total. The summed E-state index contributed by atoms with van der Waals surface area (Å²) in [4.78, 5) is 4.33. The summed E-state index contributed by atoms with van der Waals surface area (Å²) in [6.07, 6.45) is 2.40. The fourth-order valence-corrected chi connectivity index (χ4v) is 1.21. The van der Waals surface area contributed by atoms with E-state index < -0.39 is 0 Å². The average Bonchev–Trinajstić information content (AvgIpc) is 2.12. The molecular weight excluding hydrogens is 531 g/mol. The van der Waals surface area contributed by atoms with Crippen molar-refractivity contribution in [2.45, 2.75) is 12.8 Å². The molecule has 0 aromatic carbocycles. The van der Waals surface area contributed by atoms with Crippen LogP contribution in [-0.2, 0) is 0 Å². The Balaban J connectivity index is -0.0000000327. The van der Waals surface area contributed by atoms with Gasteiger partial charge in [-0.25, -0.2) is 0 Å². The Bertz CT molecular complexity index is 103. The van der Waals surface area contributed by atoms with Gasteiger partial charge in [-0.2, -0.15) is 0 Å². The van der Waals surface area contributed by atoms with E-state index in [-0.39, 0.29) is 78.3 Å². The smallest absolute Gasteiger partial charge is 1.00 e. The zero-order chi connectivity index (χ0) is 11.4. The third kappa shape index (κ3) is 50.7. The number of halogens is 5. The van der Waals surface area contributed by atoms with E-state index in [1.165, 1.54) is 17.4 Å². The third-order valence-electron chi connectivity index (χ3n) is 1.48. The minimum absolute atomic E-state index is 0. The fraction of sp³-hybridized carbons (Fsp3) is 1.00. The van der Waals surface area contributed by atoms with Gasteiger partial charge < -0.3 is 33.8 Å². The van der Waals surface area contributed by atoms with Gasteiger partial charge in [-0.3, -0.25) is 0 Å². The van der Waals surface area contributed by atoms with E-state index in [9.17, 15) is 0 Å². The van der Waals surface area contributed by atoms with Crippen molar-refractivity contribution in [3.05, 3.63) is 0 Å². The van der Waals surface area contributed by atoms with Gasteiger partial charge in [0.25, 0.3) is 0 Å². The summed E-state index contributed by atoms with van der Waals surface area (Å²) >= 11 is 7.81. The van der Waals surface area contributed by atoms with Crippen molar-refractivity contribution in [3.63, 3.8) is 0 Å². The molecular formula is C10H26Cl3I2N2Na. The topological polar surface area (TPSA) is 6.48 Å². The molecule has 8 heteroatoms. The third-order valence-corrected chi connectivity index (χ3v) is 2.51. The van der Waals surface area contributed by atoms with Crippen LogP contribution in [0.15, 0.2) is 0 Å². The van der Waals surface area contributed by atoms with Crippen molar-refractivity contribution in [2.24, 2.45) is 0 Å². The molecule has 18 heavy (non-hydrogen) atoms. The molecule has 0 aliphatic heterocycles. The average molecular weight is 557 g/mol. The molecule has 0 amide bonds. The molecule has 0 fully saturated rings. The van der Waals surface area contributed by atoms with Gasteiger partial charge in [0.05, 0.1) is 0 Å². The van der Waals surface area contributed by atoms with Gasteiger partial charge in [0.2, 0.25) is 0 Å². The van der Waals surface area contributed by atoms with Crippen LogP contribution < -0.4 is 53.5 Å². The zero-order valence-corrected chi connectivity index (χ0v) is 20.8. The van der Waals surface area contributed by atoms with Gasteiger partial charge in [0, 0.05) is 10.3 Å². The van der Waals surface area contributed by atoms with Crippen LogP contribution in [0, 0.1) is 0 Å². The van der Waals surface area contributed by atoms with Crippen LogP contribution in [0.2, 0.25) is 0 Å². The minimum Gasteiger partial charge on any atom is -1.00 e. The molecule has 0 heterocycles. The van der Waals surface area contributed by atoms with Crippen LogP contribution in [0.3, 0.4) is 0 Å². The van der Waals surface area contributed by atoms with Crippen molar-refractivity contribution in [2.75, 3.05) is 51.6 Å². The van der Waals surface area contributed by atoms with Gasteiger partial charge >= 0.3 is 29.6 Å². The molecule has 0 atom stereocenters. The Morgan fingerprint density at radius 1 is 0.889 bits per heavy atom. The molecule has 0 aromatic rings. The monoisotopic (exact) mass is 556 g/mol. The first-order chi connectivity index (χ1) is 6.54. The standard InChI is InChI=1S/C5H12ClN.C5H12IN.2ClH.HI.Na/c2*1-7(2)5-3-4-6;;;;/h2*3-5H2,1-2H3;3*1H;/q;;;;;+1/p-1. The number of rotatable bonds is 6. The van der Waals surface area contributed by atoms with Crippen LogP contribution in [0.25, 0.3) is 0 Å². The first-order valence-electron chi connectivity index (χ1n) is 4.96. The predicted octanol–water partition coefficient (Wildman–Crippen LogP) is -2.60. The molecule has 0 bridgehead atoms. The van der Waals surface area contributed by atoms with Crippen LogP contribution in [0.4, 0.5) is 0 Å². The van der Waals surface area contributed by atoms with E-state index >= 15 is 0 Å². The Hall–Kier alpha value is 3.25. The first kappa shape index (κ1) is 37.5. The van der Waals surface area contributed by atoms with Gasteiger partial charge in [0.1, 0.15) is 0 Å². The molecule has 0 aliphatic carbocycles. The molecule has 0 spiro atoms. The van der Waals surface area contributed by atoms with Crippen molar-refractivity contribution in [3.8, 4) is 0 Å². The Labute approximate surface area is 184 Å². The summed E-state index contributed by atoms with van der Waals surface area (Å²) in [5.74, 6) is 0.776. The van der Waals surface area contributed by atoms with Gasteiger partial charge in [-0.05, 0) is 54.1 Å². The molecule has 112 valence electrons. The number of hydrogen-bond acceptors (Lipinski definition) is 2. The Morgan fingerprint density at radius 2 is 1.22 bits per heavy atom. The number of alkyl halides is 2.